The Balaban J connectivity index is 3.22. The molecule has 11 heavy (non-hydrogen) atoms. The molecule has 4 heteroatoms. The highest BCUT2D eigenvalue weighted by Crippen LogP contribution is 2.08. The smallest absolute Gasteiger partial charge is 0.304 e. The Morgan fingerprint density at radius 1 is 1.64 bits per heavy atom. The zero-order valence-electron chi connectivity index (χ0n) is 6.92. The van der Waals surface area contributed by atoms with E-state index in [-0.39, 0.29) is 11.2 Å². The van der Waals surface area contributed by atoms with E-state index in [1.807, 2.05) is 13.8 Å². The summed E-state index contributed by atoms with van der Waals surface area (Å²) in [6.07, 6.45) is 0.170. The number of carboxylic acid groups (broad SMARTS) is 1. The summed E-state index contributed by atoms with van der Waals surface area (Å²) >= 11 is 4.27. The Labute approximate surface area is 72.6 Å². The van der Waals surface area contributed by atoms with Crippen molar-refractivity contribution in [3.05, 3.63) is 0 Å². The van der Waals surface area contributed by atoms with E-state index < -0.39 is 5.97 Å². The first-order valence-electron chi connectivity index (χ1n) is 3.57. The summed E-state index contributed by atoms with van der Waals surface area (Å²) in [5, 5.41) is 11.3. The average Bonchev–Trinajstić information content (AvgIpc) is 1.78. The SMILES string of the molecule is CC(C)(S)CNCCC(=O)O. The number of carboxylic acids is 1. The molecule has 0 spiro atoms. The molecule has 0 aliphatic rings. The van der Waals surface area contributed by atoms with E-state index in [0.717, 1.165) is 6.54 Å². The van der Waals surface area contributed by atoms with Crippen LogP contribution >= 0.6 is 12.6 Å². The normalized spacial score (nSPS) is 11.5. The van der Waals surface area contributed by atoms with Crippen LogP contribution in [0, 0.1) is 0 Å². The maximum atomic E-state index is 10.1. The quantitative estimate of drug-likeness (QED) is 0.429. The molecule has 2 N–H and O–H groups in total. The largest absolute Gasteiger partial charge is 0.481 e. The van der Waals surface area contributed by atoms with Gasteiger partial charge in [-0.2, -0.15) is 12.6 Å². The summed E-state index contributed by atoms with van der Waals surface area (Å²) in [5.74, 6) is -0.769. The van der Waals surface area contributed by atoms with Gasteiger partial charge in [0.25, 0.3) is 0 Å². The summed E-state index contributed by atoms with van der Waals surface area (Å²) < 4.78 is -0.0709. The van der Waals surface area contributed by atoms with Gasteiger partial charge in [-0.1, -0.05) is 0 Å². The lowest BCUT2D eigenvalue weighted by Crippen LogP contribution is -2.31. The lowest BCUT2D eigenvalue weighted by molar-refractivity contribution is -0.136. The molecular formula is C7H15NO2S. The number of carbonyl (C=O) groups is 1. The fourth-order valence-electron chi connectivity index (χ4n) is 0.590. The van der Waals surface area contributed by atoms with E-state index in [9.17, 15) is 4.79 Å². The van der Waals surface area contributed by atoms with Crippen LogP contribution < -0.4 is 5.32 Å². The van der Waals surface area contributed by atoms with Crippen LogP contribution in [0.3, 0.4) is 0 Å². The van der Waals surface area contributed by atoms with Crippen molar-refractivity contribution in [3.8, 4) is 0 Å². The molecule has 66 valence electrons. The molecule has 0 aliphatic heterocycles. The molecule has 0 unspecified atom stereocenters. The molecule has 0 saturated heterocycles. The maximum absolute atomic E-state index is 10.1. The van der Waals surface area contributed by atoms with Crippen molar-refractivity contribution >= 4 is 18.6 Å². The molecule has 0 rings (SSSR count). The van der Waals surface area contributed by atoms with Crippen molar-refractivity contribution in [2.45, 2.75) is 25.0 Å². The van der Waals surface area contributed by atoms with Crippen molar-refractivity contribution in [2.24, 2.45) is 0 Å². The van der Waals surface area contributed by atoms with Gasteiger partial charge in [0.05, 0.1) is 6.42 Å². The van der Waals surface area contributed by atoms with Gasteiger partial charge in [0, 0.05) is 17.8 Å². The van der Waals surface area contributed by atoms with Crippen LogP contribution in [0.2, 0.25) is 0 Å². The molecule has 0 fully saturated rings. The van der Waals surface area contributed by atoms with Gasteiger partial charge in [-0.15, -0.1) is 0 Å². The third kappa shape index (κ3) is 9.78. The van der Waals surface area contributed by atoms with Gasteiger partial charge in [0.15, 0.2) is 0 Å². The fraction of sp³-hybridized carbons (Fsp3) is 0.857. The van der Waals surface area contributed by atoms with Crippen LogP contribution in [0.5, 0.6) is 0 Å². The number of rotatable bonds is 5. The van der Waals surface area contributed by atoms with Crippen molar-refractivity contribution in [1.82, 2.24) is 5.32 Å². The van der Waals surface area contributed by atoms with Crippen molar-refractivity contribution in [3.63, 3.8) is 0 Å². The zero-order valence-corrected chi connectivity index (χ0v) is 7.82. The number of hydrogen-bond acceptors (Lipinski definition) is 3. The summed E-state index contributed by atoms with van der Waals surface area (Å²) in [6.45, 7) is 5.19. The number of hydrogen-bond donors (Lipinski definition) is 3. The van der Waals surface area contributed by atoms with E-state index in [1.54, 1.807) is 0 Å². The van der Waals surface area contributed by atoms with Crippen molar-refractivity contribution in [2.75, 3.05) is 13.1 Å². The molecule has 0 aliphatic carbocycles. The Bertz CT molecular complexity index is 131. The minimum Gasteiger partial charge on any atom is -0.481 e. The number of aliphatic carboxylic acids is 1. The highest BCUT2D eigenvalue weighted by Gasteiger charge is 2.09. The van der Waals surface area contributed by atoms with Gasteiger partial charge in [0.1, 0.15) is 0 Å². The molecule has 0 amide bonds. The lowest BCUT2D eigenvalue weighted by Gasteiger charge is -2.17. The third-order valence-electron chi connectivity index (χ3n) is 1.07. The molecule has 0 bridgehead atoms. The van der Waals surface area contributed by atoms with Gasteiger partial charge in [0.2, 0.25) is 0 Å². The predicted octanol–water partition coefficient (Wildman–Crippen LogP) is 0.759. The molecule has 0 heterocycles. The molecule has 0 aromatic carbocycles. The lowest BCUT2D eigenvalue weighted by atomic mass is 10.2. The van der Waals surface area contributed by atoms with Crippen LogP contribution in [0.1, 0.15) is 20.3 Å². The third-order valence-corrected chi connectivity index (χ3v) is 1.23. The molecule has 0 aromatic rings. The van der Waals surface area contributed by atoms with Crippen LogP contribution in [0.4, 0.5) is 0 Å². The second-order valence-corrected chi connectivity index (χ2v) is 4.34. The summed E-state index contributed by atoms with van der Waals surface area (Å²) in [7, 11) is 0. The first-order valence-corrected chi connectivity index (χ1v) is 4.01. The van der Waals surface area contributed by atoms with E-state index in [2.05, 4.69) is 17.9 Å². The summed E-state index contributed by atoms with van der Waals surface area (Å²) in [4.78, 5) is 10.1. The van der Waals surface area contributed by atoms with Crippen molar-refractivity contribution < 1.29 is 9.90 Å². The molecule has 3 nitrogen and oxygen atoms in total. The molecule has 0 radical (unpaired) electrons. The van der Waals surface area contributed by atoms with Gasteiger partial charge < -0.3 is 10.4 Å². The molecular weight excluding hydrogens is 162 g/mol. The van der Waals surface area contributed by atoms with Crippen molar-refractivity contribution in [1.29, 1.82) is 0 Å². The predicted molar refractivity (Wildman–Crippen MR) is 48.2 cm³/mol. The van der Waals surface area contributed by atoms with Crippen LogP contribution in [-0.2, 0) is 4.79 Å². The summed E-state index contributed by atoms with van der Waals surface area (Å²) in [6, 6.07) is 0. The second-order valence-electron chi connectivity index (χ2n) is 3.13. The Hall–Kier alpha value is -0.220. The monoisotopic (exact) mass is 177 g/mol. The van der Waals surface area contributed by atoms with E-state index in [4.69, 9.17) is 5.11 Å². The van der Waals surface area contributed by atoms with Gasteiger partial charge in [-0.05, 0) is 13.8 Å². The van der Waals surface area contributed by atoms with Gasteiger partial charge in [-0.25, -0.2) is 0 Å². The Kier molecular flexibility index (Phi) is 4.52. The Morgan fingerprint density at radius 2 is 2.18 bits per heavy atom. The van der Waals surface area contributed by atoms with Gasteiger partial charge >= 0.3 is 5.97 Å². The van der Waals surface area contributed by atoms with E-state index in [1.165, 1.54) is 0 Å². The molecule has 0 saturated carbocycles. The van der Waals surface area contributed by atoms with Crippen LogP contribution in [0.25, 0.3) is 0 Å². The second kappa shape index (κ2) is 4.62. The van der Waals surface area contributed by atoms with Crippen LogP contribution in [0.15, 0.2) is 0 Å². The zero-order chi connectivity index (χ0) is 8.91. The summed E-state index contributed by atoms with van der Waals surface area (Å²) in [5.41, 5.74) is 0. The number of nitrogens with one attached hydrogen (secondary N) is 1. The highest BCUT2D eigenvalue weighted by atomic mass is 32.1. The Morgan fingerprint density at radius 3 is 2.55 bits per heavy atom. The average molecular weight is 177 g/mol. The topological polar surface area (TPSA) is 49.3 Å². The number of thiol groups is 1. The minimum absolute atomic E-state index is 0.0709. The van der Waals surface area contributed by atoms with Crippen LogP contribution in [-0.4, -0.2) is 28.9 Å². The molecule has 0 aromatic heterocycles. The highest BCUT2D eigenvalue weighted by molar-refractivity contribution is 7.81. The first-order chi connectivity index (χ1) is 4.92. The first kappa shape index (κ1) is 10.8. The maximum Gasteiger partial charge on any atom is 0.304 e. The van der Waals surface area contributed by atoms with Gasteiger partial charge in [-0.3, -0.25) is 4.79 Å². The fourth-order valence-corrected chi connectivity index (χ4v) is 0.701. The molecule has 0 atom stereocenters. The standard InChI is InChI=1S/C7H15NO2S/c1-7(2,11)5-8-4-3-6(9)10/h8,11H,3-5H2,1-2H3,(H,9,10). The van der Waals surface area contributed by atoms with E-state index in [0.29, 0.717) is 6.54 Å². The minimum atomic E-state index is -0.769. The van der Waals surface area contributed by atoms with E-state index >= 15 is 0 Å².